The van der Waals surface area contributed by atoms with Crippen molar-refractivity contribution in [1.29, 1.82) is 0 Å². The summed E-state index contributed by atoms with van der Waals surface area (Å²) in [4.78, 5) is 0. The average molecular weight is 325 g/mol. The first-order valence-corrected chi connectivity index (χ1v) is 6.70. The Labute approximate surface area is 120 Å². The van der Waals surface area contributed by atoms with E-state index in [1.807, 2.05) is 0 Å². The molecule has 2 rings (SSSR count). The Balaban J connectivity index is 2.04. The molecule has 0 bridgehead atoms. The topological polar surface area (TPSA) is 29.5 Å². The lowest BCUT2D eigenvalue weighted by Gasteiger charge is -2.09. The summed E-state index contributed by atoms with van der Waals surface area (Å²) < 4.78 is 19.8. The summed E-state index contributed by atoms with van der Waals surface area (Å²) in [6, 6.07) is 11.8. The van der Waals surface area contributed by atoms with Gasteiger partial charge in [-0.15, -0.1) is 0 Å². The molecule has 0 fully saturated rings. The normalized spacial score (nSPS) is 12.2. The molecule has 0 spiro atoms. The summed E-state index contributed by atoms with van der Waals surface area (Å²) >= 11 is 3.30. The summed E-state index contributed by atoms with van der Waals surface area (Å²) in [5.74, 6) is 0.354. The van der Waals surface area contributed by atoms with Gasteiger partial charge in [0, 0.05) is 10.0 Å². The Morgan fingerprint density at radius 1 is 1.21 bits per heavy atom. The van der Waals surface area contributed by atoms with Crippen molar-refractivity contribution in [2.45, 2.75) is 19.6 Å². The fourth-order valence-corrected chi connectivity index (χ4v) is 2.07. The van der Waals surface area contributed by atoms with E-state index in [1.165, 1.54) is 6.07 Å². The van der Waals surface area contributed by atoms with Gasteiger partial charge in [0.05, 0.1) is 6.10 Å². The van der Waals surface area contributed by atoms with Crippen molar-refractivity contribution in [2.75, 3.05) is 0 Å². The third-order valence-electron chi connectivity index (χ3n) is 2.76. The second-order valence-electron chi connectivity index (χ2n) is 4.27. The van der Waals surface area contributed by atoms with Crippen molar-refractivity contribution in [3.05, 3.63) is 63.9 Å². The Kier molecular flexibility index (Phi) is 4.56. The Morgan fingerprint density at radius 2 is 1.89 bits per heavy atom. The van der Waals surface area contributed by atoms with Gasteiger partial charge in [-0.25, -0.2) is 4.39 Å². The Morgan fingerprint density at radius 3 is 2.53 bits per heavy atom. The summed E-state index contributed by atoms with van der Waals surface area (Å²) in [6.45, 7) is 1.87. The van der Waals surface area contributed by atoms with Crippen molar-refractivity contribution >= 4 is 15.9 Å². The highest BCUT2D eigenvalue weighted by molar-refractivity contribution is 9.10. The number of aliphatic hydroxyl groups excluding tert-OH is 1. The lowest BCUT2D eigenvalue weighted by atomic mass is 10.1. The molecule has 2 aromatic carbocycles. The first kappa shape index (κ1) is 14.0. The molecule has 0 aliphatic heterocycles. The number of rotatable bonds is 4. The van der Waals surface area contributed by atoms with Gasteiger partial charge in [-0.05, 0) is 42.8 Å². The number of hydrogen-bond donors (Lipinski definition) is 1. The molecule has 19 heavy (non-hydrogen) atoms. The van der Waals surface area contributed by atoms with Crippen LogP contribution in [-0.4, -0.2) is 5.11 Å². The number of aliphatic hydroxyl groups is 1. The predicted octanol–water partition coefficient (Wildman–Crippen LogP) is 4.22. The van der Waals surface area contributed by atoms with Crippen LogP contribution in [0.4, 0.5) is 4.39 Å². The quantitative estimate of drug-likeness (QED) is 0.912. The van der Waals surface area contributed by atoms with Gasteiger partial charge in [-0.3, -0.25) is 0 Å². The maximum atomic E-state index is 13.5. The highest BCUT2D eigenvalue weighted by atomic mass is 79.9. The van der Waals surface area contributed by atoms with Crippen LogP contribution in [0.25, 0.3) is 0 Å². The molecule has 1 atom stereocenters. The van der Waals surface area contributed by atoms with Crippen LogP contribution in [0.5, 0.6) is 5.75 Å². The van der Waals surface area contributed by atoms with Gasteiger partial charge in [0.1, 0.15) is 18.2 Å². The number of ether oxygens (including phenoxy) is 1. The van der Waals surface area contributed by atoms with E-state index in [2.05, 4.69) is 15.9 Å². The maximum Gasteiger partial charge on any atom is 0.129 e. The number of benzene rings is 2. The minimum absolute atomic E-state index is 0.166. The van der Waals surface area contributed by atoms with E-state index in [1.54, 1.807) is 43.3 Å². The van der Waals surface area contributed by atoms with Gasteiger partial charge in [0.25, 0.3) is 0 Å². The molecule has 1 N–H and O–H groups in total. The molecule has 0 radical (unpaired) electrons. The molecule has 0 saturated carbocycles. The molecule has 4 heteroatoms. The van der Waals surface area contributed by atoms with Gasteiger partial charge in [0.2, 0.25) is 0 Å². The van der Waals surface area contributed by atoms with Gasteiger partial charge < -0.3 is 9.84 Å². The van der Waals surface area contributed by atoms with Crippen molar-refractivity contribution in [3.8, 4) is 5.75 Å². The van der Waals surface area contributed by atoms with Crippen LogP contribution in [0.3, 0.4) is 0 Å². The molecular formula is C15H14BrFO2. The second kappa shape index (κ2) is 6.17. The summed E-state index contributed by atoms with van der Waals surface area (Å²) in [7, 11) is 0. The molecule has 2 aromatic rings. The summed E-state index contributed by atoms with van der Waals surface area (Å²) in [6.07, 6.45) is -0.503. The van der Waals surface area contributed by atoms with Crippen LogP contribution < -0.4 is 4.74 Å². The highest BCUT2D eigenvalue weighted by Gasteiger charge is 2.05. The molecule has 2 nitrogen and oxygen atoms in total. The zero-order valence-electron chi connectivity index (χ0n) is 10.4. The monoisotopic (exact) mass is 324 g/mol. The van der Waals surface area contributed by atoms with Gasteiger partial charge in [0.15, 0.2) is 0 Å². The molecular weight excluding hydrogens is 311 g/mol. The van der Waals surface area contributed by atoms with Crippen molar-refractivity contribution in [2.24, 2.45) is 0 Å². The zero-order valence-corrected chi connectivity index (χ0v) is 12.0. The molecule has 0 amide bonds. The average Bonchev–Trinajstić information content (AvgIpc) is 2.40. The lowest BCUT2D eigenvalue weighted by Crippen LogP contribution is -1.99. The van der Waals surface area contributed by atoms with Crippen LogP contribution in [0.15, 0.2) is 46.9 Å². The minimum atomic E-state index is -0.503. The summed E-state index contributed by atoms with van der Waals surface area (Å²) in [5, 5.41) is 9.39. The predicted molar refractivity (Wildman–Crippen MR) is 75.5 cm³/mol. The molecule has 0 heterocycles. The Hall–Kier alpha value is -1.39. The largest absolute Gasteiger partial charge is 0.489 e. The van der Waals surface area contributed by atoms with Gasteiger partial charge >= 0.3 is 0 Å². The van der Waals surface area contributed by atoms with Crippen LogP contribution >= 0.6 is 15.9 Å². The maximum absolute atomic E-state index is 13.5. The first-order chi connectivity index (χ1) is 9.06. The van der Waals surface area contributed by atoms with E-state index in [0.29, 0.717) is 11.3 Å². The van der Waals surface area contributed by atoms with E-state index < -0.39 is 6.10 Å². The molecule has 0 unspecified atom stereocenters. The molecule has 0 aromatic heterocycles. The van der Waals surface area contributed by atoms with Crippen LogP contribution in [-0.2, 0) is 6.61 Å². The van der Waals surface area contributed by atoms with Crippen molar-refractivity contribution < 1.29 is 14.2 Å². The van der Waals surface area contributed by atoms with Crippen LogP contribution in [0.1, 0.15) is 24.2 Å². The number of hydrogen-bond acceptors (Lipinski definition) is 2. The molecule has 0 aliphatic carbocycles. The third-order valence-corrected chi connectivity index (χ3v) is 3.26. The van der Waals surface area contributed by atoms with Gasteiger partial charge in [-0.1, -0.05) is 28.1 Å². The Bertz CT molecular complexity index is 553. The fourth-order valence-electron chi connectivity index (χ4n) is 1.66. The van der Waals surface area contributed by atoms with Crippen molar-refractivity contribution in [1.82, 2.24) is 0 Å². The standard InChI is InChI=1S/C15H14BrFO2/c1-10(18)11-2-5-14(6-3-11)19-9-12-8-13(16)4-7-15(12)17/h2-8,10,18H,9H2,1H3/t10-/m1/s1. The first-order valence-electron chi connectivity index (χ1n) is 5.91. The van der Waals surface area contributed by atoms with E-state index in [4.69, 9.17) is 4.74 Å². The summed E-state index contributed by atoms with van der Waals surface area (Å²) in [5.41, 5.74) is 1.31. The number of halogens is 2. The molecule has 100 valence electrons. The minimum Gasteiger partial charge on any atom is -0.489 e. The second-order valence-corrected chi connectivity index (χ2v) is 5.19. The van der Waals surface area contributed by atoms with Crippen LogP contribution in [0, 0.1) is 5.82 Å². The highest BCUT2D eigenvalue weighted by Crippen LogP contribution is 2.20. The van der Waals surface area contributed by atoms with Crippen LogP contribution in [0.2, 0.25) is 0 Å². The van der Waals surface area contributed by atoms with E-state index >= 15 is 0 Å². The lowest BCUT2D eigenvalue weighted by molar-refractivity contribution is 0.199. The molecule has 0 aliphatic rings. The SMILES string of the molecule is C[C@@H](O)c1ccc(OCc2cc(Br)ccc2F)cc1. The van der Waals surface area contributed by atoms with Gasteiger partial charge in [-0.2, -0.15) is 0 Å². The smallest absolute Gasteiger partial charge is 0.129 e. The van der Waals surface area contributed by atoms with Crippen molar-refractivity contribution in [3.63, 3.8) is 0 Å². The van der Waals surface area contributed by atoms with E-state index in [9.17, 15) is 9.50 Å². The molecule has 0 saturated heterocycles. The van der Waals surface area contributed by atoms with E-state index in [0.717, 1.165) is 10.0 Å². The fraction of sp³-hybridized carbons (Fsp3) is 0.200. The zero-order chi connectivity index (χ0) is 13.8. The van der Waals surface area contributed by atoms with E-state index in [-0.39, 0.29) is 12.4 Å². The third kappa shape index (κ3) is 3.78.